The van der Waals surface area contributed by atoms with Crippen molar-refractivity contribution in [1.82, 2.24) is 4.57 Å². The van der Waals surface area contributed by atoms with Crippen molar-refractivity contribution in [2.75, 3.05) is 4.90 Å². The average molecular weight is 627 g/mol. The Morgan fingerprint density at radius 2 is 0.980 bits per heavy atom. The van der Waals surface area contributed by atoms with Crippen LogP contribution in [0.3, 0.4) is 0 Å². The number of benzene rings is 8. The Kier molecular flexibility index (Phi) is 5.95. The van der Waals surface area contributed by atoms with E-state index in [0.717, 1.165) is 11.4 Å². The Hall–Kier alpha value is -6.12. The summed E-state index contributed by atoms with van der Waals surface area (Å²) in [5.74, 6) is 0. The first-order chi connectivity index (χ1) is 24.1. The Balaban J connectivity index is 1.15. The van der Waals surface area contributed by atoms with Crippen LogP contribution in [0.4, 0.5) is 17.1 Å². The maximum Gasteiger partial charge on any atom is 0.0541 e. The zero-order valence-corrected chi connectivity index (χ0v) is 27.6. The molecule has 232 valence electrons. The lowest BCUT2D eigenvalue weighted by Crippen LogP contribution is -2.17. The number of anilines is 3. The van der Waals surface area contributed by atoms with Crippen LogP contribution >= 0.6 is 0 Å². The third-order valence-corrected chi connectivity index (χ3v) is 10.7. The predicted molar refractivity (Wildman–Crippen MR) is 208 cm³/mol. The van der Waals surface area contributed by atoms with Gasteiger partial charge in [0, 0.05) is 38.6 Å². The van der Waals surface area contributed by atoms with Crippen molar-refractivity contribution in [1.29, 1.82) is 0 Å². The second kappa shape index (κ2) is 10.4. The molecule has 8 aromatic carbocycles. The van der Waals surface area contributed by atoms with E-state index in [2.05, 4.69) is 193 Å². The van der Waals surface area contributed by atoms with Crippen molar-refractivity contribution in [2.45, 2.75) is 19.3 Å². The smallest absolute Gasteiger partial charge is 0.0541 e. The lowest BCUT2D eigenvalue weighted by Gasteiger charge is -2.29. The fraction of sp³-hybridized carbons (Fsp3) is 0.0638. The van der Waals surface area contributed by atoms with Gasteiger partial charge in [-0.1, -0.05) is 129 Å². The average Bonchev–Trinajstić information content (AvgIpc) is 3.60. The molecule has 0 bridgehead atoms. The molecule has 2 heteroatoms. The molecule has 49 heavy (non-hydrogen) atoms. The molecule has 2 nitrogen and oxygen atoms in total. The minimum absolute atomic E-state index is 0.191. The highest BCUT2D eigenvalue weighted by Gasteiger charge is 2.36. The summed E-state index contributed by atoms with van der Waals surface area (Å²) in [4.78, 5) is 2.44. The lowest BCUT2D eigenvalue weighted by atomic mass is 9.82. The molecule has 1 aromatic heterocycles. The zero-order chi connectivity index (χ0) is 32.7. The van der Waals surface area contributed by atoms with Gasteiger partial charge in [0.1, 0.15) is 0 Å². The fourth-order valence-electron chi connectivity index (χ4n) is 8.34. The lowest BCUT2D eigenvalue weighted by molar-refractivity contribution is 0.660. The number of hydrogen-bond acceptors (Lipinski definition) is 1. The van der Waals surface area contributed by atoms with Crippen LogP contribution in [0.25, 0.3) is 60.2 Å². The summed E-state index contributed by atoms with van der Waals surface area (Å²) >= 11 is 0. The molecule has 0 saturated carbocycles. The quantitative estimate of drug-likeness (QED) is 0.189. The van der Waals surface area contributed by atoms with E-state index < -0.39 is 0 Å². The van der Waals surface area contributed by atoms with Crippen molar-refractivity contribution in [3.05, 3.63) is 181 Å². The molecule has 0 saturated heterocycles. The first kappa shape index (κ1) is 27.9. The Labute approximate surface area is 286 Å². The van der Waals surface area contributed by atoms with Crippen LogP contribution in [-0.4, -0.2) is 4.57 Å². The van der Waals surface area contributed by atoms with Crippen molar-refractivity contribution >= 4 is 60.4 Å². The van der Waals surface area contributed by atoms with Crippen molar-refractivity contribution in [3.63, 3.8) is 0 Å². The molecule has 0 radical (unpaired) electrons. The highest BCUT2D eigenvalue weighted by Crippen LogP contribution is 2.52. The maximum atomic E-state index is 2.44. The molecule has 1 aliphatic rings. The van der Waals surface area contributed by atoms with E-state index in [0.29, 0.717) is 0 Å². The van der Waals surface area contributed by atoms with Gasteiger partial charge in [-0.05, 0) is 93.0 Å². The van der Waals surface area contributed by atoms with Crippen LogP contribution in [-0.2, 0) is 5.41 Å². The van der Waals surface area contributed by atoms with Gasteiger partial charge in [-0.3, -0.25) is 0 Å². The van der Waals surface area contributed by atoms with Gasteiger partial charge in [0.15, 0.2) is 0 Å². The molecule has 0 fully saturated rings. The van der Waals surface area contributed by atoms with Gasteiger partial charge >= 0.3 is 0 Å². The second-order valence-corrected chi connectivity index (χ2v) is 13.8. The van der Waals surface area contributed by atoms with E-state index in [9.17, 15) is 0 Å². The number of nitrogens with zero attached hydrogens (tertiary/aromatic N) is 2. The maximum absolute atomic E-state index is 2.44. The van der Waals surface area contributed by atoms with Crippen LogP contribution in [0, 0.1) is 0 Å². The van der Waals surface area contributed by atoms with Gasteiger partial charge in [0.25, 0.3) is 0 Å². The predicted octanol–water partition coefficient (Wildman–Crippen LogP) is 12.9. The molecular weight excluding hydrogens is 593 g/mol. The van der Waals surface area contributed by atoms with Crippen molar-refractivity contribution in [2.24, 2.45) is 0 Å². The monoisotopic (exact) mass is 626 g/mol. The molecule has 0 N–H and O–H groups in total. The summed E-state index contributed by atoms with van der Waals surface area (Å²) in [5.41, 5.74) is 12.3. The number of fused-ring (bicyclic) bond motifs is 8. The molecule has 1 aliphatic carbocycles. The minimum atomic E-state index is -0.191. The molecule has 0 spiro atoms. The van der Waals surface area contributed by atoms with Crippen LogP contribution in [0.15, 0.2) is 170 Å². The fourth-order valence-corrected chi connectivity index (χ4v) is 8.34. The Morgan fingerprint density at radius 3 is 1.73 bits per heavy atom. The van der Waals surface area contributed by atoms with Crippen molar-refractivity contribution in [3.8, 4) is 16.8 Å². The molecule has 0 atom stereocenters. The van der Waals surface area contributed by atoms with E-state index in [-0.39, 0.29) is 5.41 Å². The summed E-state index contributed by atoms with van der Waals surface area (Å²) in [6.45, 7) is 4.77. The number of aromatic nitrogens is 1. The van der Waals surface area contributed by atoms with Gasteiger partial charge in [-0.15, -0.1) is 0 Å². The highest BCUT2D eigenvalue weighted by molar-refractivity contribution is 6.09. The molecule has 0 unspecified atom stereocenters. The normalized spacial score (nSPS) is 13.3. The van der Waals surface area contributed by atoms with E-state index >= 15 is 0 Å². The van der Waals surface area contributed by atoms with Gasteiger partial charge in [-0.2, -0.15) is 0 Å². The third-order valence-electron chi connectivity index (χ3n) is 10.7. The summed E-state index contributed by atoms with van der Waals surface area (Å²) in [6, 6.07) is 62.4. The SMILES string of the molecule is CC1(C)c2cc(N(c3ccc4ccccc4c3)c3cccc4ccccc34)ccc2-c2ccc(-n3c4ccccc4c4ccccc43)cc21. The Morgan fingerprint density at radius 1 is 0.429 bits per heavy atom. The first-order valence-electron chi connectivity index (χ1n) is 17.1. The van der Waals surface area contributed by atoms with Crippen molar-refractivity contribution < 1.29 is 0 Å². The van der Waals surface area contributed by atoms with Gasteiger partial charge < -0.3 is 9.47 Å². The van der Waals surface area contributed by atoms with E-state index in [1.165, 1.54) is 77.0 Å². The van der Waals surface area contributed by atoms with E-state index in [1.807, 2.05) is 0 Å². The molecule has 0 amide bonds. The number of rotatable bonds is 4. The van der Waals surface area contributed by atoms with E-state index in [4.69, 9.17) is 0 Å². The van der Waals surface area contributed by atoms with E-state index in [1.54, 1.807) is 0 Å². The van der Waals surface area contributed by atoms with Crippen LogP contribution in [0.2, 0.25) is 0 Å². The molecule has 10 rings (SSSR count). The number of para-hydroxylation sites is 2. The molecule has 9 aromatic rings. The van der Waals surface area contributed by atoms with Gasteiger partial charge in [0.05, 0.1) is 16.7 Å². The largest absolute Gasteiger partial charge is 0.310 e. The first-order valence-corrected chi connectivity index (χ1v) is 17.1. The Bertz CT molecular complexity index is 2710. The van der Waals surface area contributed by atoms with Crippen LogP contribution in [0.1, 0.15) is 25.0 Å². The molecule has 0 aliphatic heterocycles. The van der Waals surface area contributed by atoms with Crippen LogP contribution in [0.5, 0.6) is 0 Å². The summed E-state index contributed by atoms with van der Waals surface area (Å²) in [7, 11) is 0. The summed E-state index contributed by atoms with van der Waals surface area (Å²) in [6.07, 6.45) is 0. The molecule has 1 heterocycles. The summed E-state index contributed by atoms with van der Waals surface area (Å²) in [5, 5.41) is 7.51. The van der Waals surface area contributed by atoms with Gasteiger partial charge in [-0.25, -0.2) is 0 Å². The molecular formula is C47H34N2. The van der Waals surface area contributed by atoms with Crippen LogP contribution < -0.4 is 4.90 Å². The van der Waals surface area contributed by atoms with Gasteiger partial charge in [0.2, 0.25) is 0 Å². The zero-order valence-electron chi connectivity index (χ0n) is 27.6. The topological polar surface area (TPSA) is 8.17 Å². The third kappa shape index (κ3) is 4.14. The second-order valence-electron chi connectivity index (χ2n) is 13.8. The summed E-state index contributed by atoms with van der Waals surface area (Å²) < 4.78 is 2.43. The number of hydrogen-bond donors (Lipinski definition) is 0. The highest BCUT2D eigenvalue weighted by atomic mass is 15.1. The standard InChI is InChI=1S/C47H34N2/c1-47(2)42-29-35(48(34-23-22-31-12-3-4-14-33(31)28-34)44-21-11-15-32-13-5-6-16-37(32)44)24-26-38(42)39-27-25-36(30-43(39)47)49-45-19-9-7-17-40(45)41-18-8-10-20-46(41)49/h3-30H,1-2H3. The minimum Gasteiger partial charge on any atom is -0.310 e.